The molecule has 0 saturated heterocycles. The summed E-state index contributed by atoms with van der Waals surface area (Å²) in [6.07, 6.45) is 2.18. The van der Waals surface area contributed by atoms with E-state index in [4.69, 9.17) is 0 Å². The molecule has 2 amide bonds. The van der Waals surface area contributed by atoms with Crippen molar-refractivity contribution in [1.29, 1.82) is 0 Å². The van der Waals surface area contributed by atoms with Gasteiger partial charge in [-0.3, -0.25) is 23.5 Å². The summed E-state index contributed by atoms with van der Waals surface area (Å²) in [5.74, 6) is -0.996. The molecule has 0 spiro atoms. The molecule has 2 aromatic carbocycles. The number of aryl methyl sites for hydroxylation is 1. The third-order valence-corrected chi connectivity index (χ3v) is 7.10. The Kier molecular flexibility index (Phi) is 8.85. The van der Waals surface area contributed by atoms with Crippen molar-refractivity contribution in [1.82, 2.24) is 14.5 Å². The molecule has 4 rings (SSSR count). The number of nitrogens with one attached hydrogen (secondary N) is 2. The van der Waals surface area contributed by atoms with Crippen molar-refractivity contribution >= 4 is 39.1 Å². The van der Waals surface area contributed by atoms with Crippen LogP contribution in [-0.2, 0) is 29.2 Å². The smallest absolute Gasteiger partial charge is 0.332 e. The molecule has 0 bridgehead atoms. The van der Waals surface area contributed by atoms with Crippen molar-refractivity contribution in [2.75, 3.05) is 5.32 Å². The van der Waals surface area contributed by atoms with Crippen LogP contribution >= 0.6 is 11.3 Å². The van der Waals surface area contributed by atoms with Crippen LogP contribution in [0, 0.1) is 12.7 Å². The monoisotopic (exact) mass is 536 g/mol. The molecule has 0 unspecified atom stereocenters. The van der Waals surface area contributed by atoms with E-state index in [2.05, 4.69) is 10.6 Å². The van der Waals surface area contributed by atoms with E-state index in [0.717, 1.165) is 10.1 Å². The summed E-state index contributed by atoms with van der Waals surface area (Å²) >= 11 is 1.21. The molecule has 2 aromatic heterocycles. The fourth-order valence-corrected chi connectivity index (χ4v) is 4.96. The lowest BCUT2D eigenvalue weighted by molar-refractivity contribution is -0.121. The molecule has 8 nitrogen and oxygen atoms in total. The number of nitrogens with zero attached hydrogens (tertiary/aromatic N) is 2. The Morgan fingerprint density at radius 1 is 0.947 bits per heavy atom. The van der Waals surface area contributed by atoms with Gasteiger partial charge in [-0.05, 0) is 54.5 Å². The van der Waals surface area contributed by atoms with Crippen LogP contribution in [-0.4, -0.2) is 20.9 Å². The molecule has 0 radical (unpaired) electrons. The number of unbranched alkanes of at least 4 members (excludes halogenated alkanes) is 2. The van der Waals surface area contributed by atoms with Crippen LogP contribution in [0.15, 0.2) is 69.6 Å². The normalized spacial score (nSPS) is 11.0. The summed E-state index contributed by atoms with van der Waals surface area (Å²) in [7, 11) is 0. The molecule has 2 N–H and O–H groups in total. The quantitative estimate of drug-likeness (QED) is 0.281. The van der Waals surface area contributed by atoms with Gasteiger partial charge in [0.15, 0.2) is 0 Å². The van der Waals surface area contributed by atoms with Crippen LogP contribution in [0.2, 0.25) is 0 Å². The van der Waals surface area contributed by atoms with Gasteiger partial charge < -0.3 is 10.6 Å². The number of hydrogen-bond acceptors (Lipinski definition) is 5. The Hall–Kier alpha value is -4.05. The summed E-state index contributed by atoms with van der Waals surface area (Å²) in [5.41, 5.74) is 1.19. The van der Waals surface area contributed by atoms with E-state index in [1.807, 2.05) is 30.3 Å². The third-order valence-electron chi connectivity index (χ3n) is 6.21. The lowest BCUT2D eigenvalue weighted by atomic mass is 10.1. The first-order chi connectivity index (χ1) is 18.3. The number of fused-ring (bicyclic) bond motifs is 1. The first-order valence-corrected chi connectivity index (χ1v) is 13.3. The van der Waals surface area contributed by atoms with Gasteiger partial charge in [0.25, 0.3) is 5.56 Å². The number of rotatable bonds is 11. The molecule has 198 valence electrons. The van der Waals surface area contributed by atoms with Gasteiger partial charge >= 0.3 is 5.69 Å². The number of carbonyl (C=O) groups is 2. The van der Waals surface area contributed by atoms with Crippen molar-refractivity contribution in [2.45, 2.75) is 52.2 Å². The zero-order chi connectivity index (χ0) is 27.1. The largest absolute Gasteiger partial charge is 0.352 e. The van der Waals surface area contributed by atoms with Crippen molar-refractivity contribution in [3.8, 4) is 0 Å². The molecule has 38 heavy (non-hydrogen) atoms. The van der Waals surface area contributed by atoms with Gasteiger partial charge in [0.05, 0.1) is 5.52 Å². The molecule has 0 fully saturated rings. The standard InChI is InChI=1S/C28H29FN4O4S/c1-19-11-12-21(16-22(19)29)31-25(35)18-33-23-13-15-38-26(23)27(36)32(28(33)37)14-7-3-6-10-24(34)30-17-20-8-4-2-5-9-20/h2,4-5,8-9,11-13,15-16H,3,6-7,10,14,17-18H2,1H3,(H,30,34)(H,31,35). The second kappa shape index (κ2) is 12.5. The molecule has 10 heteroatoms. The van der Waals surface area contributed by atoms with E-state index in [0.29, 0.717) is 48.0 Å². The van der Waals surface area contributed by atoms with E-state index < -0.39 is 23.0 Å². The number of halogens is 1. The summed E-state index contributed by atoms with van der Waals surface area (Å²) in [6.45, 7) is 1.96. The number of benzene rings is 2. The van der Waals surface area contributed by atoms with Crippen LogP contribution in [0.1, 0.15) is 36.8 Å². The number of thiophene rings is 1. The van der Waals surface area contributed by atoms with Crippen LogP contribution in [0.5, 0.6) is 0 Å². The lowest BCUT2D eigenvalue weighted by Gasteiger charge is -2.13. The summed E-state index contributed by atoms with van der Waals surface area (Å²) in [6, 6.07) is 15.7. The third kappa shape index (κ3) is 6.63. The molecule has 4 aromatic rings. The Balaban J connectivity index is 1.36. The highest BCUT2D eigenvalue weighted by Crippen LogP contribution is 2.17. The minimum absolute atomic E-state index is 0.0483. The summed E-state index contributed by atoms with van der Waals surface area (Å²) in [5, 5.41) is 7.20. The van der Waals surface area contributed by atoms with Crippen molar-refractivity contribution in [3.05, 3.63) is 97.8 Å². The second-order valence-corrected chi connectivity index (χ2v) is 9.96. The van der Waals surface area contributed by atoms with Gasteiger partial charge in [-0.25, -0.2) is 9.18 Å². The number of carbonyl (C=O) groups excluding carboxylic acids is 2. The van der Waals surface area contributed by atoms with E-state index >= 15 is 0 Å². The maximum absolute atomic E-state index is 13.8. The maximum Gasteiger partial charge on any atom is 0.332 e. The Morgan fingerprint density at radius 3 is 2.50 bits per heavy atom. The molecule has 0 aliphatic heterocycles. The van der Waals surface area contributed by atoms with Crippen LogP contribution in [0.4, 0.5) is 10.1 Å². The van der Waals surface area contributed by atoms with E-state index in [1.54, 1.807) is 30.5 Å². The first kappa shape index (κ1) is 27.0. The van der Waals surface area contributed by atoms with E-state index in [9.17, 15) is 23.6 Å². The molecule has 0 aliphatic rings. The number of hydrogen-bond donors (Lipinski definition) is 2. The predicted octanol–water partition coefficient (Wildman–Crippen LogP) is 4.19. The van der Waals surface area contributed by atoms with Crippen molar-refractivity contribution < 1.29 is 14.0 Å². The summed E-state index contributed by atoms with van der Waals surface area (Å²) in [4.78, 5) is 51.0. The predicted molar refractivity (Wildman–Crippen MR) is 147 cm³/mol. The molecular formula is C28H29FN4O4S. The van der Waals surface area contributed by atoms with E-state index in [1.165, 1.54) is 22.0 Å². The minimum atomic E-state index is -0.577. The first-order valence-electron chi connectivity index (χ1n) is 12.4. The van der Waals surface area contributed by atoms with Gasteiger partial charge in [0.1, 0.15) is 17.1 Å². The van der Waals surface area contributed by atoms with Gasteiger partial charge in [-0.15, -0.1) is 11.3 Å². The zero-order valence-electron chi connectivity index (χ0n) is 21.0. The average Bonchev–Trinajstić information content (AvgIpc) is 3.40. The average molecular weight is 537 g/mol. The SMILES string of the molecule is Cc1ccc(NC(=O)Cn2c(=O)n(CCCCCC(=O)NCc3ccccc3)c(=O)c3sccc32)cc1F. The zero-order valence-corrected chi connectivity index (χ0v) is 21.9. The molecular weight excluding hydrogens is 507 g/mol. The van der Waals surface area contributed by atoms with Crippen LogP contribution in [0.3, 0.4) is 0 Å². The van der Waals surface area contributed by atoms with Crippen LogP contribution in [0.25, 0.3) is 10.2 Å². The van der Waals surface area contributed by atoms with Crippen molar-refractivity contribution in [3.63, 3.8) is 0 Å². The molecule has 0 saturated carbocycles. The highest BCUT2D eigenvalue weighted by atomic mass is 32.1. The van der Waals surface area contributed by atoms with Crippen molar-refractivity contribution in [2.24, 2.45) is 0 Å². The Morgan fingerprint density at radius 2 is 1.74 bits per heavy atom. The van der Waals surface area contributed by atoms with Gasteiger partial charge in [0, 0.05) is 25.2 Å². The number of anilines is 1. The molecule has 0 atom stereocenters. The number of amides is 2. The van der Waals surface area contributed by atoms with Gasteiger partial charge in [-0.1, -0.05) is 42.8 Å². The minimum Gasteiger partial charge on any atom is -0.352 e. The molecule has 0 aliphatic carbocycles. The Labute approximate surface area is 222 Å². The lowest BCUT2D eigenvalue weighted by Crippen LogP contribution is -2.41. The Bertz CT molecular complexity index is 1560. The fraction of sp³-hybridized carbons (Fsp3) is 0.286. The summed E-state index contributed by atoms with van der Waals surface area (Å²) < 4.78 is 16.6. The van der Waals surface area contributed by atoms with Gasteiger partial charge in [0.2, 0.25) is 11.8 Å². The molecule has 2 heterocycles. The van der Waals surface area contributed by atoms with Crippen LogP contribution < -0.4 is 21.9 Å². The van der Waals surface area contributed by atoms with Gasteiger partial charge in [-0.2, -0.15) is 0 Å². The van der Waals surface area contributed by atoms with E-state index in [-0.39, 0.29) is 24.7 Å². The second-order valence-electron chi connectivity index (χ2n) is 9.05. The maximum atomic E-state index is 13.8. The number of aromatic nitrogens is 2. The highest BCUT2D eigenvalue weighted by molar-refractivity contribution is 7.17. The highest BCUT2D eigenvalue weighted by Gasteiger charge is 2.17. The topological polar surface area (TPSA) is 102 Å². The fourth-order valence-electron chi connectivity index (χ4n) is 4.12.